The number of hydrogen-bond acceptors (Lipinski definition) is 4. The van der Waals surface area contributed by atoms with E-state index in [4.69, 9.17) is 32.7 Å². The van der Waals surface area contributed by atoms with Crippen molar-refractivity contribution in [3.8, 4) is 11.5 Å². The molecule has 1 aromatic carbocycles. The summed E-state index contributed by atoms with van der Waals surface area (Å²) in [6.07, 6.45) is 2.04. The first kappa shape index (κ1) is 17.4. The Morgan fingerprint density at radius 1 is 1.17 bits per heavy atom. The molecule has 0 radical (unpaired) electrons. The van der Waals surface area contributed by atoms with Crippen LogP contribution in [-0.4, -0.2) is 31.7 Å². The number of methoxy groups -OCH3 is 2. The van der Waals surface area contributed by atoms with Gasteiger partial charge in [0.25, 0.3) is 5.91 Å². The van der Waals surface area contributed by atoms with Gasteiger partial charge < -0.3 is 14.8 Å². The number of nitrogens with one attached hydrogen (secondary N) is 1. The van der Waals surface area contributed by atoms with E-state index in [-0.39, 0.29) is 16.1 Å². The Hall–Kier alpha value is -1.98. The minimum Gasteiger partial charge on any atom is -0.493 e. The highest BCUT2D eigenvalue weighted by Crippen LogP contribution is 2.27. The minimum atomic E-state index is -0.253. The summed E-state index contributed by atoms with van der Waals surface area (Å²) in [5, 5.41) is 3.23. The van der Waals surface area contributed by atoms with Crippen LogP contribution in [0.5, 0.6) is 11.5 Å². The number of halogens is 2. The summed E-state index contributed by atoms with van der Waals surface area (Å²) in [7, 11) is 3.17. The summed E-state index contributed by atoms with van der Waals surface area (Å²) in [5.41, 5.74) is 1.39. The summed E-state index contributed by atoms with van der Waals surface area (Å²) in [6, 6.07) is 7.13. The van der Waals surface area contributed by atoms with Gasteiger partial charge in [-0.3, -0.25) is 4.79 Å². The number of carbonyl (C=O) groups excluding carboxylic acids is 1. The van der Waals surface area contributed by atoms with Crippen LogP contribution in [0.1, 0.15) is 15.9 Å². The Morgan fingerprint density at radius 2 is 1.91 bits per heavy atom. The highest BCUT2D eigenvalue weighted by atomic mass is 35.5. The number of pyridine rings is 1. The highest BCUT2D eigenvalue weighted by Gasteiger charge is 2.09. The molecule has 0 unspecified atom stereocenters. The summed E-state index contributed by atoms with van der Waals surface area (Å²) < 4.78 is 10.4. The van der Waals surface area contributed by atoms with Gasteiger partial charge >= 0.3 is 0 Å². The van der Waals surface area contributed by atoms with E-state index in [9.17, 15) is 4.79 Å². The van der Waals surface area contributed by atoms with E-state index in [0.717, 1.165) is 5.56 Å². The molecule has 0 saturated heterocycles. The molecule has 0 aliphatic carbocycles. The molecule has 0 aliphatic rings. The van der Waals surface area contributed by atoms with Gasteiger partial charge in [0.15, 0.2) is 11.5 Å². The number of ether oxygens (including phenoxy) is 2. The van der Waals surface area contributed by atoms with Crippen molar-refractivity contribution in [1.82, 2.24) is 10.3 Å². The lowest BCUT2D eigenvalue weighted by atomic mass is 10.1. The van der Waals surface area contributed by atoms with Crippen molar-refractivity contribution in [2.45, 2.75) is 6.42 Å². The predicted molar refractivity (Wildman–Crippen MR) is 89.8 cm³/mol. The molecule has 0 aliphatic heterocycles. The van der Waals surface area contributed by atoms with Crippen molar-refractivity contribution in [1.29, 1.82) is 0 Å². The molecule has 5 nitrogen and oxygen atoms in total. The third-order valence-electron chi connectivity index (χ3n) is 3.21. The number of amides is 1. The lowest BCUT2D eigenvalue weighted by molar-refractivity contribution is 0.0954. The van der Waals surface area contributed by atoms with Gasteiger partial charge in [0, 0.05) is 12.7 Å². The van der Waals surface area contributed by atoms with Crippen LogP contribution in [0, 0.1) is 0 Å². The fourth-order valence-electron chi connectivity index (χ4n) is 2.00. The quantitative estimate of drug-likeness (QED) is 0.807. The number of rotatable bonds is 6. The fraction of sp³-hybridized carbons (Fsp3) is 0.250. The molecular formula is C16H16Cl2N2O3. The maximum Gasteiger partial charge on any atom is 0.252 e. The number of benzene rings is 1. The monoisotopic (exact) mass is 354 g/mol. The summed E-state index contributed by atoms with van der Waals surface area (Å²) >= 11 is 11.6. The Balaban J connectivity index is 1.94. The first-order valence-electron chi connectivity index (χ1n) is 6.85. The van der Waals surface area contributed by atoms with Crippen LogP contribution >= 0.6 is 23.2 Å². The van der Waals surface area contributed by atoms with Crippen molar-refractivity contribution >= 4 is 29.1 Å². The second kappa shape index (κ2) is 8.04. The number of aromatic nitrogens is 1. The van der Waals surface area contributed by atoms with Gasteiger partial charge in [0.1, 0.15) is 5.15 Å². The lowest BCUT2D eigenvalue weighted by Gasteiger charge is -2.10. The standard InChI is InChI=1S/C16H16Cl2N2O3/c1-22-13-4-3-10(7-14(13)23-2)5-6-19-16(21)11-8-12(17)15(18)20-9-11/h3-4,7-9H,5-6H2,1-2H3,(H,19,21). The van der Waals surface area contributed by atoms with Crippen LogP contribution in [-0.2, 0) is 6.42 Å². The summed E-state index contributed by atoms with van der Waals surface area (Å²) in [4.78, 5) is 15.9. The third kappa shape index (κ3) is 4.50. The van der Waals surface area contributed by atoms with E-state index >= 15 is 0 Å². The number of carbonyl (C=O) groups is 1. The molecule has 0 atom stereocenters. The van der Waals surface area contributed by atoms with Gasteiger partial charge in [-0.1, -0.05) is 29.3 Å². The zero-order valence-electron chi connectivity index (χ0n) is 12.7. The molecule has 1 aromatic heterocycles. The maximum absolute atomic E-state index is 12.0. The zero-order valence-corrected chi connectivity index (χ0v) is 14.2. The van der Waals surface area contributed by atoms with Gasteiger partial charge in [-0.15, -0.1) is 0 Å². The molecule has 0 saturated carbocycles. The Kier molecular flexibility index (Phi) is 6.07. The lowest BCUT2D eigenvalue weighted by Crippen LogP contribution is -2.25. The first-order chi connectivity index (χ1) is 11.0. The topological polar surface area (TPSA) is 60.5 Å². The van der Waals surface area contributed by atoms with Crippen LogP contribution in [0.2, 0.25) is 10.2 Å². The van der Waals surface area contributed by atoms with E-state index in [1.54, 1.807) is 14.2 Å². The molecule has 1 heterocycles. The van der Waals surface area contributed by atoms with E-state index < -0.39 is 0 Å². The van der Waals surface area contributed by atoms with Crippen LogP contribution < -0.4 is 14.8 Å². The maximum atomic E-state index is 12.0. The van der Waals surface area contributed by atoms with Crippen LogP contribution in [0.25, 0.3) is 0 Å². The molecule has 2 rings (SSSR count). The Labute approximate surface area is 144 Å². The molecule has 23 heavy (non-hydrogen) atoms. The van der Waals surface area contributed by atoms with Gasteiger partial charge in [0.2, 0.25) is 0 Å². The molecular weight excluding hydrogens is 339 g/mol. The van der Waals surface area contributed by atoms with Crippen LogP contribution in [0.3, 0.4) is 0 Å². The van der Waals surface area contributed by atoms with E-state index in [0.29, 0.717) is 30.0 Å². The van der Waals surface area contributed by atoms with E-state index in [2.05, 4.69) is 10.3 Å². The minimum absolute atomic E-state index is 0.175. The number of hydrogen-bond donors (Lipinski definition) is 1. The fourth-order valence-corrected chi connectivity index (χ4v) is 2.27. The number of nitrogens with zero attached hydrogens (tertiary/aromatic N) is 1. The van der Waals surface area contributed by atoms with Crippen molar-refractivity contribution in [3.63, 3.8) is 0 Å². The highest BCUT2D eigenvalue weighted by molar-refractivity contribution is 6.41. The van der Waals surface area contributed by atoms with E-state index in [1.165, 1.54) is 12.3 Å². The summed E-state index contributed by atoms with van der Waals surface area (Å²) in [5.74, 6) is 1.07. The smallest absolute Gasteiger partial charge is 0.252 e. The van der Waals surface area contributed by atoms with Crippen LogP contribution in [0.15, 0.2) is 30.5 Å². The van der Waals surface area contributed by atoms with Crippen molar-refractivity contribution in [3.05, 3.63) is 51.8 Å². The van der Waals surface area contributed by atoms with Crippen molar-refractivity contribution < 1.29 is 14.3 Å². The molecule has 1 amide bonds. The normalized spacial score (nSPS) is 10.3. The third-order valence-corrected chi connectivity index (χ3v) is 3.89. The van der Waals surface area contributed by atoms with Gasteiger partial charge in [-0.2, -0.15) is 0 Å². The largest absolute Gasteiger partial charge is 0.493 e. The summed E-state index contributed by atoms with van der Waals surface area (Å²) in [6.45, 7) is 0.467. The SMILES string of the molecule is COc1ccc(CCNC(=O)c2cnc(Cl)c(Cl)c2)cc1OC. The Bertz CT molecular complexity index is 708. The van der Waals surface area contributed by atoms with Gasteiger partial charge in [-0.05, 0) is 30.2 Å². The molecule has 1 N–H and O–H groups in total. The molecule has 7 heteroatoms. The van der Waals surface area contributed by atoms with Gasteiger partial charge in [-0.25, -0.2) is 4.98 Å². The second-order valence-electron chi connectivity index (χ2n) is 4.69. The molecule has 122 valence electrons. The van der Waals surface area contributed by atoms with E-state index in [1.807, 2.05) is 18.2 Å². The molecule has 0 spiro atoms. The first-order valence-corrected chi connectivity index (χ1v) is 7.61. The molecule has 0 bridgehead atoms. The molecule has 0 fully saturated rings. The average molecular weight is 355 g/mol. The molecule has 2 aromatic rings. The predicted octanol–water partition coefficient (Wildman–Crippen LogP) is 3.38. The van der Waals surface area contributed by atoms with Crippen molar-refractivity contribution in [2.24, 2.45) is 0 Å². The average Bonchev–Trinajstić information content (AvgIpc) is 2.57. The second-order valence-corrected chi connectivity index (χ2v) is 5.46. The Morgan fingerprint density at radius 3 is 2.57 bits per heavy atom. The van der Waals surface area contributed by atoms with Gasteiger partial charge in [0.05, 0.1) is 24.8 Å². The van der Waals surface area contributed by atoms with Crippen LogP contribution in [0.4, 0.5) is 0 Å². The van der Waals surface area contributed by atoms with Crippen molar-refractivity contribution in [2.75, 3.05) is 20.8 Å². The zero-order chi connectivity index (χ0) is 16.8.